The summed E-state index contributed by atoms with van der Waals surface area (Å²) in [6.07, 6.45) is -3.29. The molecule has 0 unspecified atom stereocenters. The number of rotatable bonds is 10. The molecule has 0 fully saturated rings. The van der Waals surface area contributed by atoms with E-state index in [1.54, 1.807) is 21.0 Å². The number of aryl methyl sites for hydroxylation is 2. The van der Waals surface area contributed by atoms with Gasteiger partial charge in [0.05, 0.1) is 30.1 Å². The zero-order valence-electron chi connectivity index (χ0n) is 26.0. The molecular weight excluding hydrogens is 621 g/mol. The molecule has 1 aromatic heterocycles. The second-order valence-corrected chi connectivity index (χ2v) is 11.3. The second kappa shape index (κ2) is 15.0. The number of carbonyl (C=O) groups is 1. The number of hydrazone groups is 1. The molecule has 0 saturated heterocycles. The van der Waals surface area contributed by atoms with Gasteiger partial charge in [-0.2, -0.15) is 5.10 Å². The number of nitrogens with one attached hydrogen (secondary N) is 1. The van der Waals surface area contributed by atoms with Gasteiger partial charge < -0.3 is 14.2 Å². The molecule has 0 aliphatic rings. The average molecular weight is 655 g/mol. The van der Waals surface area contributed by atoms with E-state index in [1.807, 2.05) is 57.2 Å². The van der Waals surface area contributed by atoms with Gasteiger partial charge in [-0.15, -0.1) is 18.3 Å². The minimum Gasteiger partial charge on any atom is -0.497 e. The number of nitrogens with zero attached hydrogens (tertiary/aromatic N) is 5. The first-order chi connectivity index (χ1) is 21.8. The maximum absolute atomic E-state index is 12.4. The van der Waals surface area contributed by atoms with Crippen LogP contribution in [0.15, 0.2) is 77.1 Å². The third kappa shape index (κ3) is 9.33. The average Bonchev–Trinajstić information content (AvgIpc) is 3.51. The van der Waals surface area contributed by atoms with E-state index in [0.717, 1.165) is 33.7 Å². The molecule has 0 aliphatic carbocycles. The smallest absolute Gasteiger partial charge is 0.497 e. The first-order valence-corrected chi connectivity index (χ1v) is 15.0. The predicted molar refractivity (Wildman–Crippen MR) is 172 cm³/mol. The van der Waals surface area contributed by atoms with Gasteiger partial charge in [0.1, 0.15) is 23.8 Å². The Hall–Kier alpha value is -4.85. The van der Waals surface area contributed by atoms with E-state index >= 15 is 0 Å². The van der Waals surface area contributed by atoms with Crippen LogP contribution < -0.4 is 14.9 Å². The van der Waals surface area contributed by atoms with Crippen molar-refractivity contribution in [3.63, 3.8) is 0 Å². The van der Waals surface area contributed by atoms with Crippen LogP contribution in [0.25, 0.3) is 17.1 Å². The first-order valence-electron chi connectivity index (χ1n) is 14.0. The number of methoxy groups -OCH3 is 1. The molecule has 46 heavy (non-hydrogen) atoms. The number of aromatic nitrogens is 3. The van der Waals surface area contributed by atoms with E-state index in [2.05, 4.69) is 25.3 Å². The number of hydrogen-bond donors (Lipinski definition) is 1. The number of hydrogen-bond acceptors (Lipinski definition) is 9. The lowest BCUT2D eigenvalue weighted by Crippen LogP contribution is -2.19. The molecule has 0 radical (unpaired) electrons. The van der Waals surface area contributed by atoms with Gasteiger partial charge in [0.2, 0.25) is 0 Å². The Morgan fingerprint density at radius 3 is 2.26 bits per heavy atom. The molecule has 0 bridgehead atoms. The van der Waals surface area contributed by atoms with Crippen molar-refractivity contribution < 1.29 is 32.2 Å². The lowest BCUT2D eigenvalue weighted by atomic mass is 10.1. The van der Waals surface area contributed by atoms with Crippen LogP contribution >= 0.6 is 11.8 Å². The van der Waals surface area contributed by atoms with Crippen LogP contribution in [-0.2, 0) is 9.53 Å². The van der Waals surface area contributed by atoms with Crippen molar-refractivity contribution in [1.29, 1.82) is 0 Å². The van der Waals surface area contributed by atoms with E-state index in [-0.39, 0.29) is 23.6 Å². The van der Waals surface area contributed by atoms with E-state index in [0.29, 0.717) is 22.4 Å². The topological polar surface area (TPSA) is 112 Å². The fourth-order valence-electron chi connectivity index (χ4n) is 4.09. The molecule has 3 aromatic carbocycles. The van der Waals surface area contributed by atoms with Crippen LogP contribution in [0.5, 0.6) is 11.5 Å². The zero-order chi connectivity index (χ0) is 33.4. The van der Waals surface area contributed by atoms with Crippen molar-refractivity contribution in [2.24, 2.45) is 16.0 Å². The highest BCUT2D eigenvalue weighted by molar-refractivity contribution is 8.13. The van der Waals surface area contributed by atoms with Gasteiger partial charge in [0, 0.05) is 5.56 Å². The van der Waals surface area contributed by atoms with Crippen LogP contribution in [0.4, 0.5) is 18.9 Å². The number of alkyl halides is 3. The molecule has 4 aromatic rings. The number of amidine groups is 1. The number of carbonyl (C=O) groups excluding carboxylic acids is 1. The van der Waals surface area contributed by atoms with Gasteiger partial charge >= 0.3 is 12.3 Å². The molecule has 0 amide bonds. The van der Waals surface area contributed by atoms with E-state index in [9.17, 15) is 18.0 Å². The van der Waals surface area contributed by atoms with E-state index < -0.39 is 6.36 Å². The normalized spacial score (nSPS) is 12.3. The summed E-state index contributed by atoms with van der Waals surface area (Å²) in [5.41, 5.74) is 8.34. The van der Waals surface area contributed by atoms with Gasteiger partial charge in [-0.3, -0.25) is 10.2 Å². The van der Waals surface area contributed by atoms with Gasteiger partial charge in [0.25, 0.3) is 0 Å². The predicted octanol–water partition coefficient (Wildman–Crippen LogP) is 7.35. The summed E-state index contributed by atoms with van der Waals surface area (Å²) in [6.45, 7) is 9.25. The summed E-state index contributed by atoms with van der Waals surface area (Å²) < 4.78 is 53.4. The third-order valence-corrected chi connectivity index (χ3v) is 7.18. The second-order valence-electron chi connectivity index (χ2n) is 10.3. The fourth-order valence-corrected chi connectivity index (χ4v) is 4.64. The summed E-state index contributed by atoms with van der Waals surface area (Å²) in [5.74, 6) is 0.343. The summed E-state index contributed by atoms with van der Waals surface area (Å²) in [6, 6.07) is 16.5. The number of esters is 1. The maximum Gasteiger partial charge on any atom is 0.573 e. The Morgan fingerprint density at radius 2 is 1.67 bits per heavy atom. The van der Waals surface area contributed by atoms with Crippen molar-refractivity contribution in [2.75, 3.05) is 13.0 Å². The third-order valence-electron chi connectivity index (χ3n) is 6.49. The summed E-state index contributed by atoms with van der Waals surface area (Å²) in [4.78, 5) is 21.1. The Balaban J connectivity index is 1.48. The van der Waals surface area contributed by atoms with Crippen molar-refractivity contribution in [3.8, 4) is 28.6 Å². The zero-order valence-corrected chi connectivity index (χ0v) is 26.9. The molecule has 10 nitrogen and oxygen atoms in total. The van der Waals surface area contributed by atoms with Crippen LogP contribution in [-0.4, -0.2) is 51.0 Å². The lowest BCUT2D eigenvalue weighted by molar-refractivity contribution is -0.274. The molecular formula is C32H33F3N6O4S. The van der Waals surface area contributed by atoms with Gasteiger partial charge in [-0.1, -0.05) is 38.1 Å². The number of thioether (sulfide) groups is 1. The monoisotopic (exact) mass is 654 g/mol. The Bertz CT molecular complexity index is 1700. The van der Waals surface area contributed by atoms with Crippen molar-refractivity contribution >= 4 is 34.3 Å². The molecule has 4 rings (SSSR count). The van der Waals surface area contributed by atoms with Gasteiger partial charge in [-0.25, -0.2) is 14.7 Å². The molecule has 0 saturated carbocycles. The molecule has 1 heterocycles. The summed E-state index contributed by atoms with van der Waals surface area (Å²) >= 11 is 1.21. The maximum atomic E-state index is 12.4. The Morgan fingerprint density at radius 1 is 1.02 bits per heavy atom. The van der Waals surface area contributed by atoms with Crippen molar-refractivity contribution in [2.45, 2.75) is 41.0 Å². The summed E-state index contributed by atoms with van der Waals surface area (Å²) in [5, 5.41) is 9.41. The minimum absolute atomic E-state index is 0.0610. The molecule has 14 heteroatoms. The first kappa shape index (κ1) is 34.0. The number of benzene rings is 3. The molecule has 0 aliphatic heterocycles. The molecule has 242 valence electrons. The van der Waals surface area contributed by atoms with Crippen LogP contribution in [0.2, 0.25) is 0 Å². The van der Waals surface area contributed by atoms with Crippen molar-refractivity contribution in [3.05, 3.63) is 83.7 Å². The van der Waals surface area contributed by atoms with Crippen LogP contribution in [0.3, 0.4) is 0 Å². The fraction of sp³-hybridized carbons (Fsp3) is 0.281. The minimum atomic E-state index is -4.76. The lowest BCUT2D eigenvalue weighted by Gasteiger charge is -2.12. The van der Waals surface area contributed by atoms with E-state index in [1.165, 1.54) is 47.0 Å². The molecule has 0 atom stereocenters. The highest BCUT2D eigenvalue weighted by Crippen LogP contribution is 2.30. The van der Waals surface area contributed by atoms with Gasteiger partial charge in [0.15, 0.2) is 11.0 Å². The van der Waals surface area contributed by atoms with E-state index in [4.69, 9.17) is 14.5 Å². The Labute approximate surface area is 268 Å². The highest BCUT2D eigenvalue weighted by atomic mass is 32.2. The SMILES string of the molecule is COc1cc(C)c(N=C(N/N=C(/C)c2ccc(-c3ncn(-c4ccc(OC(F)(F)F)cc4)n3)cc2)SCOC(=O)C(C)C)c(C)c1. The van der Waals surface area contributed by atoms with Crippen molar-refractivity contribution in [1.82, 2.24) is 20.2 Å². The standard InChI is InChI=1S/C32H33F3N6O4S/c1-19(2)30(42)44-18-46-31(37-28-20(3)15-27(43-6)16-21(28)4)39-38-22(5)23-7-9-24(10-8-23)29-36-17-41(40-29)25-11-13-26(14-12-25)45-32(33,34)35/h7-17,19H,18H2,1-6H3,(H,37,39)/b38-22-. The van der Waals surface area contributed by atoms with Crippen LogP contribution in [0.1, 0.15) is 37.5 Å². The number of halogens is 3. The van der Waals surface area contributed by atoms with Crippen LogP contribution in [0, 0.1) is 19.8 Å². The largest absolute Gasteiger partial charge is 0.573 e. The Kier molecular flexibility index (Phi) is 11.1. The number of ether oxygens (including phenoxy) is 3. The quantitative estimate of drug-likeness (QED) is 0.0621. The van der Waals surface area contributed by atoms with Gasteiger partial charge in [-0.05, 0) is 85.6 Å². The number of aliphatic imine (C=N–C) groups is 1. The summed E-state index contributed by atoms with van der Waals surface area (Å²) in [7, 11) is 1.61. The highest BCUT2D eigenvalue weighted by Gasteiger charge is 2.31. The molecule has 0 spiro atoms. The molecule has 1 N–H and O–H groups in total.